The number of hydrogen-bond donors (Lipinski definition) is 1. The number of thiophene rings is 1. The van der Waals surface area contributed by atoms with Crippen LogP contribution in [-0.4, -0.2) is 34.6 Å². The molecule has 2 amide bonds. The van der Waals surface area contributed by atoms with Gasteiger partial charge in [0.15, 0.2) is 0 Å². The van der Waals surface area contributed by atoms with Gasteiger partial charge in [-0.2, -0.15) is 0 Å². The van der Waals surface area contributed by atoms with Crippen LogP contribution in [0.5, 0.6) is 5.75 Å². The van der Waals surface area contributed by atoms with E-state index in [0.29, 0.717) is 24.5 Å². The first-order chi connectivity index (χ1) is 16.5. The molecule has 1 fully saturated rings. The van der Waals surface area contributed by atoms with Crippen molar-refractivity contribution >= 4 is 39.1 Å². The molecular weight excluding hydrogens is 446 g/mol. The first kappa shape index (κ1) is 23.0. The van der Waals surface area contributed by atoms with E-state index in [1.807, 2.05) is 60.2 Å². The fourth-order valence-electron chi connectivity index (χ4n) is 5.42. The highest BCUT2D eigenvalue weighted by atomic mass is 32.1. The molecule has 1 atom stereocenters. The van der Waals surface area contributed by atoms with Crippen molar-refractivity contribution in [1.82, 2.24) is 9.88 Å². The van der Waals surface area contributed by atoms with Crippen LogP contribution < -0.4 is 15.0 Å². The van der Waals surface area contributed by atoms with Gasteiger partial charge in [-0.25, -0.2) is 0 Å². The summed E-state index contributed by atoms with van der Waals surface area (Å²) in [5.41, 5.74) is 1.31. The summed E-state index contributed by atoms with van der Waals surface area (Å²) in [5, 5.41) is 5.38. The van der Waals surface area contributed by atoms with Gasteiger partial charge in [0.05, 0.1) is 23.4 Å². The quantitative estimate of drug-likeness (QED) is 0.507. The molecule has 3 heterocycles. The van der Waals surface area contributed by atoms with Crippen molar-refractivity contribution in [2.75, 3.05) is 11.5 Å². The molecule has 1 N–H and O–H groups in total. The standard InChI is InChI=1S/C27H33N3O3S/c1-3-33-21-13-11-20(12-14-21)30-25(31)23-17-24-22(15-16-34-24)29(23)18-27(30,2)26(32)28-19-9-7-5-4-6-8-10-19/h11-17,19H,3-10,18H2,1-2H3,(H,28,32). The van der Waals surface area contributed by atoms with Gasteiger partial charge in [0.1, 0.15) is 17.0 Å². The van der Waals surface area contributed by atoms with Crippen molar-refractivity contribution in [2.45, 2.75) is 76.9 Å². The fraction of sp³-hybridized carbons (Fsp3) is 0.481. The number of nitrogens with one attached hydrogen (secondary N) is 1. The molecule has 0 radical (unpaired) electrons. The largest absolute Gasteiger partial charge is 0.494 e. The molecule has 3 aromatic rings. The van der Waals surface area contributed by atoms with Crippen LogP contribution >= 0.6 is 11.3 Å². The smallest absolute Gasteiger partial charge is 0.275 e. The fourth-order valence-corrected chi connectivity index (χ4v) is 6.24. The van der Waals surface area contributed by atoms with Crippen LogP contribution in [-0.2, 0) is 11.3 Å². The highest BCUT2D eigenvalue weighted by molar-refractivity contribution is 7.17. The van der Waals surface area contributed by atoms with Crippen LogP contribution in [0.3, 0.4) is 0 Å². The second kappa shape index (κ2) is 9.45. The highest BCUT2D eigenvalue weighted by Crippen LogP contribution is 2.38. The van der Waals surface area contributed by atoms with Gasteiger partial charge >= 0.3 is 0 Å². The summed E-state index contributed by atoms with van der Waals surface area (Å²) in [6.45, 7) is 4.84. The van der Waals surface area contributed by atoms with Gasteiger partial charge in [0.25, 0.3) is 5.91 Å². The number of hydrogen-bond acceptors (Lipinski definition) is 4. The summed E-state index contributed by atoms with van der Waals surface area (Å²) in [4.78, 5) is 29.6. The Hall–Kier alpha value is -2.80. The van der Waals surface area contributed by atoms with E-state index < -0.39 is 5.54 Å². The number of carbonyl (C=O) groups is 2. The average Bonchev–Trinajstić information content (AvgIpc) is 3.39. The van der Waals surface area contributed by atoms with Gasteiger partial charge in [-0.1, -0.05) is 32.1 Å². The Morgan fingerprint density at radius 3 is 2.53 bits per heavy atom. The number of nitrogens with zero attached hydrogens (tertiary/aromatic N) is 2. The Morgan fingerprint density at radius 1 is 1.12 bits per heavy atom. The molecule has 0 bridgehead atoms. The first-order valence-electron chi connectivity index (χ1n) is 12.5. The van der Waals surface area contributed by atoms with E-state index in [1.165, 1.54) is 19.3 Å². The van der Waals surface area contributed by atoms with Crippen molar-refractivity contribution < 1.29 is 14.3 Å². The number of carbonyl (C=O) groups excluding carboxylic acids is 2. The Labute approximate surface area is 204 Å². The lowest BCUT2D eigenvalue weighted by molar-refractivity contribution is -0.127. The number of fused-ring (bicyclic) bond motifs is 3. The summed E-state index contributed by atoms with van der Waals surface area (Å²) in [5.74, 6) is 0.525. The molecule has 5 rings (SSSR count). The molecular formula is C27H33N3O3S. The minimum Gasteiger partial charge on any atom is -0.494 e. The van der Waals surface area contributed by atoms with Gasteiger partial charge in [-0.05, 0) is 68.5 Å². The molecule has 7 heteroatoms. The number of ether oxygens (including phenoxy) is 1. The third kappa shape index (κ3) is 4.11. The van der Waals surface area contributed by atoms with E-state index in [2.05, 4.69) is 5.32 Å². The zero-order valence-corrected chi connectivity index (χ0v) is 20.8. The van der Waals surface area contributed by atoms with E-state index in [0.717, 1.165) is 41.6 Å². The summed E-state index contributed by atoms with van der Waals surface area (Å²) >= 11 is 1.62. The third-order valence-corrected chi connectivity index (χ3v) is 8.09. The van der Waals surface area contributed by atoms with Crippen molar-refractivity contribution in [1.29, 1.82) is 0 Å². The normalized spacial score (nSPS) is 21.7. The Kier molecular flexibility index (Phi) is 6.38. The molecule has 6 nitrogen and oxygen atoms in total. The van der Waals surface area contributed by atoms with E-state index >= 15 is 0 Å². The second-order valence-corrected chi connectivity index (χ2v) is 10.6. The Balaban J connectivity index is 1.52. The minimum atomic E-state index is -1.05. The number of rotatable bonds is 5. The maximum Gasteiger partial charge on any atom is 0.275 e. The van der Waals surface area contributed by atoms with Gasteiger partial charge in [0, 0.05) is 11.7 Å². The SMILES string of the molecule is CCOc1ccc(N2C(=O)c3cc4sccc4n3CC2(C)C(=O)NC2CCCCCCC2)cc1. The summed E-state index contributed by atoms with van der Waals surface area (Å²) in [6, 6.07) is 11.6. The number of amides is 2. The van der Waals surface area contributed by atoms with Gasteiger partial charge < -0.3 is 14.6 Å². The van der Waals surface area contributed by atoms with Crippen LogP contribution in [0.25, 0.3) is 10.2 Å². The molecule has 2 aromatic heterocycles. The third-order valence-electron chi connectivity index (χ3n) is 7.24. The van der Waals surface area contributed by atoms with Crippen molar-refractivity contribution in [3.05, 3.63) is 47.5 Å². The van der Waals surface area contributed by atoms with Crippen LogP contribution in [0.2, 0.25) is 0 Å². The summed E-state index contributed by atoms with van der Waals surface area (Å²) in [6.07, 6.45) is 8.02. The lowest BCUT2D eigenvalue weighted by Gasteiger charge is -2.44. The molecule has 2 aliphatic rings. The molecule has 1 saturated carbocycles. The maximum atomic E-state index is 14.0. The van der Waals surface area contributed by atoms with Crippen molar-refractivity contribution in [3.63, 3.8) is 0 Å². The van der Waals surface area contributed by atoms with Gasteiger partial charge in [-0.3, -0.25) is 14.5 Å². The zero-order valence-electron chi connectivity index (χ0n) is 20.0. The van der Waals surface area contributed by atoms with Crippen molar-refractivity contribution in [2.24, 2.45) is 0 Å². The van der Waals surface area contributed by atoms with Crippen LogP contribution in [0.15, 0.2) is 41.8 Å². The predicted octanol–water partition coefficient (Wildman–Crippen LogP) is 5.75. The molecule has 0 spiro atoms. The van der Waals surface area contributed by atoms with Crippen LogP contribution in [0.1, 0.15) is 69.3 Å². The topological polar surface area (TPSA) is 63.6 Å². The lowest BCUT2D eigenvalue weighted by atomic mass is 9.91. The van der Waals surface area contributed by atoms with Crippen LogP contribution in [0.4, 0.5) is 5.69 Å². The van der Waals surface area contributed by atoms with E-state index in [1.54, 1.807) is 16.2 Å². The monoisotopic (exact) mass is 479 g/mol. The molecule has 34 heavy (non-hydrogen) atoms. The Morgan fingerprint density at radius 2 is 1.82 bits per heavy atom. The molecule has 1 unspecified atom stereocenters. The Bertz CT molecular complexity index is 1170. The number of anilines is 1. The lowest BCUT2D eigenvalue weighted by Crippen LogP contribution is -2.65. The zero-order chi connectivity index (χ0) is 23.7. The molecule has 1 aromatic carbocycles. The van der Waals surface area contributed by atoms with E-state index in [4.69, 9.17) is 4.74 Å². The second-order valence-electron chi connectivity index (χ2n) is 9.64. The van der Waals surface area contributed by atoms with Crippen molar-refractivity contribution in [3.8, 4) is 5.75 Å². The van der Waals surface area contributed by atoms with E-state index in [-0.39, 0.29) is 17.9 Å². The molecule has 0 saturated heterocycles. The first-order valence-corrected chi connectivity index (χ1v) is 13.3. The summed E-state index contributed by atoms with van der Waals surface area (Å²) in [7, 11) is 0. The predicted molar refractivity (Wildman–Crippen MR) is 137 cm³/mol. The van der Waals surface area contributed by atoms with E-state index in [9.17, 15) is 9.59 Å². The van der Waals surface area contributed by atoms with Gasteiger partial charge in [0.2, 0.25) is 5.91 Å². The highest BCUT2D eigenvalue weighted by Gasteiger charge is 2.49. The maximum absolute atomic E-state index is 14.0. The minimum absolute atomic E-state index is 0.0805. The molecule has 1 aliphatic heterocycles. The summed E-state index contributed by atoms with van der Waals surface area (Å²) < 4.78 is 8.69. The van der Waals surface area contributed by atoms with Gasteiger partial charge in [-0.15, -0.1) is 11.3 Å². The molecule has 1 aliphatic carbocycles. The number of aromatic nitrogens is 1. The average molecular weight is 480 g/mol. The molecule has 180 valence electrons. The number of benzene rings is 1. The van der Waals surface area contributed by atoms with Crippen LogP contribution in [0, 0.1) is 0 Å².